The number of hydrogen-bond acceptors (Lipinski definition) is 4. The lowest BCUT2D eigenvalue weighted by molar-refractivity contribution is -0.129. The van der Waals surface area contributed by atoms with Crippen LogP contribution in [0, 0.1) is 5.82 Å². The smallest absolute Gasteiger partial charge is 0.226 e. The number of carbonyl (C=O) groups excluding carboxylic acids is 1. The predicted octanol–water partition coefficient (Wildman–Crippen LogP) is 2.92. The van der Waals surface area contributed by atoms with Gasteiger partial charge < -0.3 is 19.1 Å². The number of rotatable bonds is 8. The van der Waals surface area contributed by atoms with Crippen molar-refractivity contribution in [1.82, 2.24) is 4.90 Å². The Morgan fingerprint density at radius 1 is 1.04 bits per heavy atom. The molecule has 6 heteroatoms. The van der Waals surface area contributed by atoms with Crippen molar-refractivity contribution in [2.24, 2.45) is 0 Å². The molecule has 2 aromatic rings. The number of halogens is 1. The van der Waals surface area contributed by atoms with E-state index < -0.39 is 0 Å². The Labute approximate surface area is 146 Å². The standard InChI is InChI=1S/C19H22FNO4/c1-21(10-11-25-16-6-4-15(20)5-7-16)19(22)13-14-12-17(23-2)8-9-18(14)24-3/h4-9,12H,10-11,13H2,1-3H3. The van der Waals surface area contributed by atoms with Crippen molar-refractivity contribution < 1.29 is 23.4 Å². The third-order valence-electron chi connectivity index (χ3n) is 3.76. The second-order valence-electron chi connectivity index (χ2n) is 5.47. The van der Waals surface area contributed by atoms with Crippen molar-refractivity contribution in [2.75, 3.05) is 34.4 Å². The van der Waals surface area contributed by atoms with Crippen molar-refractivity contribution in [2.45, 2.75) is 6.42 Å². The fourth-order valence-electron chi connectivity index (χ4n) is 2.27. The van der Waals surface area contributed by atoms with Crippen LogP contribution in [0.25, 0.3) is 0 Å². The molecule has 0 saturated heterocycles. The molecule has 0 aliphatic carbocycles. The summed E-state index contributed by atoms with van der Waals surface area (Å²) in [6.07, 6.45) is 0.202. The molecule has 25 heavy (non-hydrogen) atoms. The lowest BCUT2D eigenvalue weighted by Gasteiger charge is -2.18. The number of carbonyl (C=O) groups is 1. The first-order chi connectivity index (χ1) is 12.0. The Morgan fingerprint density at radius 2 is 1.72 bits per heavy atom. The fourth-order valence-corrected chi connectivity index (χ4v) is 2.27. The van der Waals surface area contributed by atoms with Crippen LogP contribution >= 0.6 is 0 Å². The van der Waals surface area contributed by atoms with Crippen LogP contribution in [0.15, 0.2) is 42.5 Å². The number of likely N-dealkylation sites (N-methyl/N-ethyl adjacent to an activating group) is 1. The van der Waals surface area contributed by atoms with Crippen molar-refractivity contribution in [3.63, 3.8) is 0 Å². The summed E-state index contributed by atoms with van der Waals surface area (Å²) >= 11 is 0. The molecule has 0 aliphatic rings. The average Bonchev–Trinajstić information content (AvgIpc) is 2.63. The topological polar surface area (TPSA) is 48.0 Å². The number of nitrogens with zero attached hydrogens (tertiary/aromatic N) is 1. The first-order valence-corrected chi connectivity index (χ1v) is 7.86. The zero-order chi connectivity index (χ0) is 18.2. The molecule has 0 heterocycles. The second-order valence-corrected chi connectivity index (χ2v) is 5.47. The van der Waals surface area contributed by atoms with Crippen LogP contribution in [0.2, 0.25) is 0 Å². The lowest BCUT2D eigenvalue weighted by Crippen LogP contribution is -2.32. The third-order valence-corrected chi connectivity index (χ3v) is 3.76. The normalized spacial score (nSPS) is 10.2. The minimum Gasteiger partial charge on any atom is -0.497 e. The summed E-state index contributed by atoms with van der Waals surface area (Å²) < 4.78 is 28.8. The van der Waals surface area contributed by atoms with E-state index in [1.54, 1.807) is 56.5 Å². The molecule has 134 valence electrons. The zero-order valence-electron chi connectivity index (χ0n) is 14.6. The van der Waals surface area contributed by atoms with Crippen molar-refractivity contribution in [3.8, 4) is 17.2 Å². The van der Waals surface area contributed by atoms with Gasteiger partial charge in [0.05, 0.1) is 27.2 Å². The van der Waals surface area contributed by atoms with Gasteiger partial charge in [0.25, 0.3) is 0 Å². The first-order valence-electron chi connectivity index (χ1n) is 7.86. The van der Waals surface area contributed by atoms with E-state index >= 15 is 0 Å². The van der Waals surface area contributed by atoms with Crippen LogP contribution in [-0.4, -0.2) is 45.2 Å². The summed E-state index contributed by atoms with van der Waals surface area (Å²) in [5, 5.41) is 0. The van der Waals surface area contributed by atoms with Gasteiger partial charge in [-0.15, -0.1) is 0 Å². The molecule has 0 bridgehead atoms. The van der Waals surface area contributed by atoms with Crippen LogP contribution in [0.1, 0.15) is 5.56 Å². The fraction of sp³-hybridized carbons (Fsp3) is 0.316. The van der Waals surface area contributed by atoms with Crippen molar-refractivity contribution in [1.29, 1.82) is 0 Å². The molecule has 0 fully saturated rings. The summed E-state index contributed by atoms with van der Waals surface area (Å²) in [5.41, 5.74) is 0.762. The minimum absolute atomic E-state index is 0.0609. The molecule has 0 aromatic heterocycles. The van der Waals surface area contributed by atoms with Gasteiger partial charge in [0.1, 0.15) is 29.7 Å². The summed E-state index contributed by atoms with van der Waals surface area (Å²) in [6, 6.07) is 11.1. The Balaban J connectivity index is 1.88. The van der Waals surface area contributed by atoms with E-state index in [1.807, 2.05) is 0 Å². The van der Waals surface area contributed by atoms with Crippen molar-refractivity contribution in [3.05, 3.63) is 53.8 Å². The van der Waals surface area contributed by atoms with Crippen LogP contribution in [0.3, 0.4) is 0 Å². The van der Waals surface area contributed by atoms with Gasteiger partial charge in [0.15, 0.2) is 0 Å². The van der Waals surface area contributed by atoms with Crippen LogP contribution < -0.4 is 14.2 Å². The maximum absolute atomic E-state index is 12.8. The summed E-state index contributed by atoms with van der Waals surface area (Å²) in [4.78, 5) is 14.0. The maximum atomic E-state index is 12.8. The molecular weight excluding hydrogens is 325 g/mol. The van der Waals surface area contributed by atoms with Gasteiger partial charge in [-0.05, 0) is 42.5 Å². The van der Waals surface area contributed by atoms with Crippen LogP contribution in [0.5, 0.6) is 17.2 Å². The molecule has 0 saturated carbocycles. The molecule has 5 nitrogen and oxygen atoms in total. The molecular formula is C19H22FNO4. The van der Waals surface area contributed by atoms with E-state index in [9.17, 15) is 9.18 Å². The SMILES string of the molecule is COc1ccc(OC)c(CC(=O)N(C)CCOc2ccc(F)cc2)c1. The van der Waals surface area contributed by atoms with E-state index in [0.29, 0.717) is 30.4 Å². The van der Waals surface area contributed by atoms with E-state index in [2.05, 4.69) is 0 Å². The highest BCUT2D eigenvalue weighted by Gasteiger charge is 2.14. The highest BCUT2D eigenvalue weighted by Crippen LogP contribution is 2.24. The number of amides is 1. The quantitative estimate of drug-likeness (QED) is 0.737. The Morgan fingerprint density at radius 3 is 2.36 bits per heavy atom. The van der Waals surface area contributed by atoms with E-state index in [1.165, 1.54) is 12.1 Å². The van der Waals surface area contributed by atoms with Gasteiger partial charge in [0.2, 0.25) is 5.91 Å². The molecule has 0 atom stereocenters. The molecule has 0 unspecified atom stereocenters. The molecule has 1 amide bonds. The minimum atomic E-state index is -0.313. The number of methoxy groups -OCH3 is 2. The Bertz CT molecular complexity index is 703. The number of benzene rings is 2. The molecule has 0 aliphatic heterocycles. The van der Waals surface area contributed by atoms with Gasteiger partial charge in [-0.1, -0.05) is 0 Å². The highest BCUT2D eigenvalue weighted by atomic mass is 19.1. The Hall–Kier alpha value is -2.76. The van der Waals surface area contributed by atoms with Gasteiger partial charge in [-0.2, -0.15) is 0 Å². The third kappa shape index (κ3) is 5.38. The first kappa shape index (κ1) is 18.6. The number of ether oxygens (including phenoxy) is 3. The molecule has 2 rings (SSSR count). The molecule has 0 spiro atoms. The van der Waals surface area contributed by atoms with Gasteiger partial charge >= 0.3 is 0 Å². The summed E-state index contributed by atoms with van der Waals surface area (Å²) in [7, 11) is 4.85. The molecule has 0 radical (unpaired) electrons. The van der Waals surface area contributed by atoms with Gasteiger partial charge in [-0.25, -0.2) is 4.39 Å². The summed E-state index contributed by atoms with van der Waals surface area (Å²) in [5.74, 6) is 1.51. The van der Waals surface area contributed by atoms with E-state index in [0.717, 1.165) is 5.56 Å². The summed E-state index contributed by atoms with van der Waals surface area (Å²) in [6.45, 7) is 0.742. The van der Waals surface area contributed by atoms with Crippen LogP contribution in [0.4, 0.5) is 4.39 Å². The van der Waals surface area contributed by atoms with Crippen LogP contribution in [-0.2, 0) is 11.2 Å². The monoisotopic (exact) mass is 347 g/mol. The second kappa shape index (κ2) is 8.92. The van der Waals surface area contributed by atoms with E-state index in [4.69, 9.17) is 14.2 Å². The Kier molecular flexibility index (Phi) is 6.62. The highest BCUT2D eigenvalue weighted by molar-refractivity contribution is 5.79. The van der Waals surface area contributed by atoms with E-state index in [-0.39, 0.29) is 18.1 Å². The molecule has 2 aromatic carbocycles. The largest absolute Gasteiger partial charge is 0.497 e. The van der Waals surface area contributed by atoms with Gasteiger partial charge in [-0.3, -0.25) is 4.79 Å². The van der Waals surface area contributed by atoms with Gasteiger partial charge in [0, 0.05) is 12.6 Å². The molecule has 0 N–H and O–H groups in total. The average molecular weight is 347 g/mol. The maximum Gasteiger partial charge on any atom is 0.226 e. The lowest BCUT2D eigenvalue weighted by atomic mass is 10.1. The number of hydrogen-bond donors (Lipinski definition) is 0. The predicted molar refractivity (Wildman–Crippen MR) is 92.8 cm³/mol. The van der Waals surface area contributed by atoms with Crippen molar-refractivity contribution >= 4 is 5.91 Å². The zero-order valence-corrected chi connectivity index (χ0v) is 14.6.